The summed E-state index contributed by atoms with van der Waals surface area (Å²) in [6.07, 6.45) is 2.03. The number of aliphatic imine (C=N–C) groups is 1. The van der Waals surface area contributed by atoms with Gasteiger partial charge in [0.05, 0.1) is 20.2 Å². The van der Waals surface area contributed by atoms with Crippen LogP contribution in [0.25, 0.3) is 0 Å². The van der Waals surface area contributed by atoms with Crippen LogP contribution >= 0.6 is 24.0 Å². The number of hydrogen-bond acceptors (Lipinski definition) is 4. The molecule has 0 aromatic heterocycles. The number of hydrogen-bond donors (Lipinski definition) is 3. The molecule has 1 aromatic rings. The van der Waals surface area contributed by atoms with E-state index in [-0.39, 0.29) is 54.8 Å². The number of halogens is 3. The Morgan fingerprint density at radius 3 is 2.67 bits per heavy atom. The van der Waals surface area contributed by atoms with Crippen LogP contribution in [0.1, 0.15) is 25.3 Å². The van der Waals surface area contributed by atoms with Crippen molar-refractivity contribution in [1.82, 2.24) is 16.0 Å². The molecule has 1 aromatic carbocycles. The molecule has 0 saturated heterocycles. The van der Waals surface area contributed by atoms with Crippen molar-refractivity contribution >= 4 is 35.8 Å². The fraction of sp³-hybridized carbons (Fsp3) is 0.529. The minimum absolute atomic E-state index is 0. The Morgan fingerprint density at radius 1 is 1.33 bits per heavy atom. The van der Waals surface area contributed by atoms with Crippen LogP contribution in [0.15, 0.2) is 23.2 Å². The lowest BCUT2D eigenvalue weighted by molar-refractivity contribution is -0.120. The minimum Gasteiger partial charge on any atom is -0.497 e. The zero-order valence-electron chi connectivity index (χ0n) is 15.3. The summed E-state index contributed by atoms with van der Waals surface area (Å²) in [4.78, 5) is 16.1. The van der Waals surface area contributed by atoms with Crippen LogP contribution in [-0.2, 0) is 11.3 Å². The summed E-state index contributed by atoms with van der Waals surface area (Å²) in [6, 6.07) is 4.83. The summed E-state index contributed by atoms with van der Waals surface area (Å²) < 4.78 is 34.8. The molecule has 2 rings (SSSR count). The lowest BCUT2D eigenvalue weighted by Gasteiger charge is -2.13. The highest BCUT2D eigenvalue weighted by atomic mass is 127. The molecule has 1 saturated carbocycles. The third-order valence-electron chi connectivity index (χ3n) is 3.59. The second-order valence-electron chi connectivity index (χ2n) is 5.74. The average molecular weight is 498 g/mol. The molecule has 0 bridgehead atoms. The number of alkyl halides is 2. The van der Waals surface area contributed by atoms with Gasteiger partial charge in [0.25, 0.3) is 0 Å². The lowest BCUT2D eigenvalue weighted by Crippen LogP contribution is -2.43. The molecule has 0 heterocycles. The maximum Gasteiger partial charge on any atom is 0.387 e. The highest BCUT2D eigenvalue weighted by Crippen LogP contribution is 2.26. The van der Waals surface area contributed by atoms with Gasteiger partial charge in [-0.2, -0.15) is 8.78 Å². The molecule has 7 nitrogen and oxygen atoms in total. The number of amides is 1. The van der Waals surface area contributed by atoms with E-state index in [1.54, 1.807) is 6.07 Å². The van der Waals surface area contributed by atoms with Gasteiger partial charge < -0.3 is 25.4 Å². The van der Waals surface area contributed by atoms with E-state index in [9.17, 15) is 13.6 Å². The molecule has 0 unspecified atom stereocenters. The molecule has 0 spiro atoms. The van der Waals surface area contributed by atoms with Gasteiger partial charge in [-0.15, -0.1) is 24.0 Å². The predicted molar refractivity (Wildman–Crippen MR) is 109 cm³/mol. The van der Waals surface area contributed by atoms with Crippen LogP contribution in [0.5, 0.6) is 11.5 Å². The molecule has 10 heteroatoms. The smallest absolute Gasteiger partial charge is 0.387 e. The Kier molecular flexibility index (Phi) is 10.1. The molecule has 1 aliphatic rings. The second-order valence-corrected chi connectivity index (χ2v) is 5.74. The van der Waals surface area contributed by atoms with E-state index in [1.165, 1.54) is 19.2 Å². The molecule has 1 aliphatic carbocycles. The average Bonchev–Trinajstić information content (AvgIpc) is 3.41. The van der Waals surface area contributed by atoms with Crippen LogP contribution in [0.2, 0.25) is 0 Å². The standard InChI is InChI=1S/C17H24F2N4O3.HI/c1-3-20-17(22-10-15(24)23-12-4-5-12)21-9-11-8-13(25-2)6-7-14(11)26-16(18)19;/h6-8,12,16H,3-5,9-10H2,1-2H3,(H,23,24)(H2,20,21,22);1H. The van der Waals surface area contributed by atoms with Crippen LogP contribution < -0.4 is 25.4 Å². The van der Waals surface area contributed by atoms with Gasteiger partial charge in [0, 0.05) is 18.2 Å². The molecule has 0 radical (unpaired) electrons. The van der Waals surface area contributed by atoms with E-state index < -0.39 is 6.61 Å². The van der Waals surface area contributed by atoms with Gasteiger partial charge >= 0.3 is 6.61 Å². The van der Waals surface area contributed by atoms with E-state index in [2.05, 4.69) is 25.7 Å². The number of carbonyl (C=O) groups is 1. The van der Waals surface area contributed by atoms with Crippen LogP contribution in [-0.4, -0.2) is 44.7 Å². The Balaban J connectivity index is 0.00000364. The summed E-state index contributed by atoms with van der Waals surface area (Å²) in [7, 11) is 1.49. The fourth-order valence-electron chi connectivity index (χ4n) is 2.19. The molecule has 27 heavy (non-hydrogen) atoms. The van der Waals surface area contributed by atoms with E-state index in [0.717, 1.165) is 12.8 Å². The Hall–Kier alpha value is -1.85. The van der Waals surface area contributed by atoms with Crippen molar-refractivity contribution in [1.29, 1.82) is 0 Å². The van der Waals surface area contributed by atoms with E-state index >= 15 is 0 Å². The molecule has 152 valence electrons. The van der Waals surface area contributed by atoms with Gasteiger partial charge in [-0.25, -0.2) is 4.99 Å². The van der Waals surface area contributed by atoms with Gasteiger partial charge in [0.1, 0.15) is 11.5 Å². The largest absolute Gasteiger partial charge is 0.497 e. The normalized spacial score (nSPS) is 13.6. The van der Waals surface area contributed by atoms with Gasteiger partial charge in [0.15, 0.2) is 5.96 Å². The predicted octanol–water partition coefficient (Wildman–Crippen LogP) is 2.25. The number of nitrogens with zero attached hydrogens (tertiary/aromatic N) is 1. The molecule has 1 fully saturated rings. The number of guanidine groups is 1. The van der Waals surface area contributed by atoms with Crippen molar-refractivity contribution in [3.8, 4) is 11.5 Å². The zero-order valence-corrected chi connectivity index (χ0v) is 17.6. The minimum atomic E-state index is -2.93. The Bertz CT molecular complexity index is 643. The van der Waals surface area contributed by atoms with Crippen molar-refractivity contribution in [2.24, 2.45) is 4.99 Å². The van der Waals surface area contributed by atoms with E-state index in [4.69, 9.17) is 4.74 Å². The Labute approximate surface area is 174 Å². The van der Waals surface area contributed by atoms with Crippen LogP contribution in [0, 0.1) is 0 Å². The van der Waals surface area contributed by atoms with Crippen molar-refractivity contribution in [2.45, 2.75) is 39.0 Å². The number of methoxy groups -OCH3 is 1. The van der Waals surface area contributed by atoms with Crippen LogP contribution in [0.4, 0.5) is 8.78 Å². The zero-order chi connectivity index (χ0) is 18.9. The van der Waals surface area contributed by atoms with Gasteiger partial charge in [-0.05, 0) is 38.0 Å². The highest BCUT2D eigenvalue weighted by Gasteiger charge is 2.23. The highest BCUT2D eigenvalue weighted by molar-refractivity contribution is 14.0. The quantitative estimate of drug-likeness (QED) is 0.277. The van der Waals surface area contributed by atoms with Gasteiger partial charge in [-0.3, -0.25) is 4.79 Å². The summed E-state index contributed by atoms with van der Waals surface area (Å²) in [5.41, 5.74) is 0.448. The SMILES string of the molecule is CCNC(=NCc1cc(OC)ccc1OC(F)F)NCC(=O)NC1CC1.I. The van der Waals surface area contributed by atoms with Crippen molar-refractivity contribution in [3.05, 3.63) is 23.8 Å². The number of benzene rings is 1. The first-order valence-electron chi connectivity index (χ1n) is 8.45. The summed E-state index contributed by atoms with van der Waals surface area (Å²) >= 11 is 0. The van der Waals surface area contributed by atoms with Crippen molar-refractivity contribution < 1.29 is 23.0 Å². The molecule has 3 N–H and O–H groups in total. The molecule has 0 aliphatic heterocycles. The molecule has 1 amide bonds. The fourth-order valence-corrected chi connectivity index (χ4v) is 2.19. The third kappa shape index (κ3) is 8.59. The summed E-state index contributed by atoms with van der Waals surface area (Å²) in [6.45, 7) is -0.282. The lowest BCUT2D eigenvalue weighted by atomic mass is 10.2. The monoisotopic (exact) mass is 498 g/mol. The number of carbonyl (C=O) groups excluding carboxylic acids is 1. The summed E-state index contributed by atoms with van der Waals surface area (Å²) in [5, 5.41) is 8.79. The number of nitrogens with one attached hydrogen (secondary N) is 3. The molecular formula is C17H25F2IN4O3. The Morgan fingerprint density at radius 2 is 2.07 bits per heavy atom. The van der Waals surface area contributed by atoms with Crippen LogP contribution in [0.3, 0.4) is 0 Å². The maximum atomic E-state index is 12.6. The van der Waals surface area contributed by atoms with Gasteiger partial charge in [-0.1, -0.05) is 0 Å². The van der Waals surface area contributed by atoms with E-state index in [1.807, 2.05) is 6.92 Å². The maximum absolute atomic E-state index is 12.6. The first kappa shape index (κ1) is 23.2. The first-order chi connectivity index (χ1) is 12.5. The van der Waals surface area contributed by atoms with E-state index in [0.29, 0.717) is 23.8 Å². The molecular weight excluding hydrogens is 473 g/mol. The number of ether oxygens (including phenoxy) is 2. The van der Waals surface area contributed by atoms with Gasteiger partial charge in [0.2, 0.25) is 5.91 Å². The van der Waals surface area contributed by atoms with Crippen molar-refractivity contribution in [2.75, 3.05) is 20.2 Å². The topological polar surface area (TPSA) is 84.0 Å². The number of rotatable bonds is 9. The second kappa shape index (κ2) is 11.8. The third-order valence-corrected chi connectivity index (χ3v) is 3.59. The summed E-state index contributed by atoms with van der Waals surface area (Å²) in [5.74, 6) is 0.843. The molecule has 0 atom stereocenters. The van der Waals surface area contributed by atoms with Crippen molar-refractivity contribution in [3.63, 3.8) is 0 Å². The first-order valence-corrected chi connectivity index (χ1v) is 8.45.